The van der Waals surface area contributed by atoms with Gasteiger partial charge in [-0.05, 0) is 61.2 Å². The molecular formula is C30H25Cl2FN4O. The highest BCUT2D eigenvalue weighted by molar-refractivity contribution is 6.33. The van der Waals surface area contributed by atoms with E-state index in [2.05, 4.69) is 4.90 Å². The monoisotopic (exact) mass is 546 g/mol. The van der Waals surface area contributed by atoms with Gasteiger partial charge < -0.3 is 10.0 Å². The lowest BCUT2D eigenvalue weighted by atomic mass is 9.84. The summed E-state index contributed by atoms with van der Waals surface area (Å²) in [7, 11) is 0. The molecule has 8 heteroatoms. The maximum atomic E-state index is 13.5. The molecular weight excluding hydrogens is 522 g/mol. The third-order valence-corrected chi connectivity index (χ3v) is 7.84. The van der Waals surface area contributed by atoms with Gasteiger partial charge in [0.05, 0.1) is 16.2 Å². The highest BCUT2D eigenvalue weighted by Crippen LogP contribution is 2.40. The topological polar surface area (TPSA) is 53.7 Å². The molecule has 0 amide bonds. The molecule has 5 aromatic rings. The number of hydrogen-bond donors (Lipinski definition) is 1. The van der Waals surface area contributed by atoms with Crippen LogP contribution in [0.5, 0.6) is 0 Å². The predicted molar refractivity (Wildman–Crippen MR) is 150 cm³/mol. The van der Waals surface area contributed by atoms with Crippen LogP contribution in [-0.4, -0.2) is 32.8 Å². The van der Waals surface area contributed by atoms with Gasteiger partial charge in [0.1, 0.15) is 17.3 Å². The number of rotatable bonds is 4. The smallest absolute Gasteiger partial charge is 0.166 e. The van der Waals surface area contributed by atoms with Crippen molar-refractivity contribution in [1.29, 1.82) is 0 Å². The molecule has 6 rings (SSSR count). The van der Waals surface area contributed by atoms with Gasteiger partial charge in [0, 0.05) is 35.4 Å². The molecule has 0 atom stereocenters. The molecule has 192 valence electrons. The predicted octanol–water partition coefficient (Wildman–Crippen LogP) is 7.31. The van der Waals surface area contributed by atoms with Crippen molar-refractivity contribution in [2.75, 3.05) is 18.0 Å². The van der Waals surface area contributed by atoms with E-state index in [1.807, 2.05) is 66.0 Å². The minimum Gasteiger partial charge on any atom is -0.385 e. The molecule has 2 aromatic heterocycles. The Bertz CT molecular complexity index is 1630. The molecule has 3 aromatic carbocycles. The molecule has 0 bridgehead atoms. The van der Waals surface area contributed by atoms with Crippen LogP contribution < -0.4 is 4.90 Å². The van der Waals surface area contributed by atoms with Crippen molar-refractivity contribution in [1.82, 2.24) is 14.6 Å². The second-order valence-electron chi connectivity index (χ2n) is 9.73. The zero-order valence-electron chi connectivity index (χ0n) is 20.7. The number of benzene rings is 3. The molecule has 0 aliphatic carbocycles. The van der Waals surface area contributed by atoms with E-state index in [9.17, 15) is 9.50 Å². The molecule has 0 spiro atoms. The summed E-state index contributed by atoms with van der Waals surface area (Å²) in [5.74, 6) is 0.580. The number of aromatic nitrogens is 3. The van der Waals surface area contributed by atoms with E-state index in [0.29, 0.717) is 36.0 Å². The summed E-state index contributed by atoms with van der Waals surface area (Å²) < 4.78 is 15.3. The van der Waals surface area contributed by atoms with Gasteiger partial charge in [0.25, 0.3) is 0 Å². The molecule has 1 fully saturated rings. The number of fused-ring (bicyclic) bond motifs is 1. The Morgan fingerprint density at radius 3 is 2.29 bits per heavy atom. The normalized spacial score (nSPS) is 15.2. The van der Waals surface area contributed by atoms with Crippen LogP contribution in [0.4, 0.5) is 10.2 Å². The maximum absolute atomic E-state index is 13.5. The number of aliphatic hydroxyl groups is 1. The van der Waals surface area contributed by atoms with Gasteiger partial charge in [0.2, 0.25) is 0 Å². The van der Waals surface area contributed by atoms with Crippen LogP contribution in [0.25, 0.3) is 28.0 Å². The second kappa shape index (κ2) is 9.70. The van der Waals surface area contributed by atoms with Gasteiger partial charge in [-0.1, -0.05) is 65.7 Å². The molecule has 1 aliphatic heterocycles. The molecule has 5 nitrogen and oxygen atoms in total. The van der Waals surface area contributed by atoms with Crippen molar-refractivity contribution in [3.8, 4) is 22.4 Å². The zero-order chi connectivity index (χ0) is 26.4. The molecule has 1 saturated heterocycles. The fourth-order valence-corrected chi connectivity index (χ4v) is 5.57. The summed E-state index contributed by atoms with van der Waals surface area (Å²) in [5, 5.41) is 17.7. The summed E-state index contributed by atoms with van der Waals surface area (Å²) in [6.45, 7) is 3.17. The van der Waals surface area contributed by atoms with Gasteiger partial charge in [-0.15, -0.1) is 0 Å². The lowest BCUT2D eigenvalue weighted by molar-refractivity contribution is 0.0115. The number of aryl methyl sites for hydroxylation is 1. The van der Waals surface area contributed by atoms with Gasteiger partial charge in [-0.25, -0.2) is 9.37 Å². The fourth-order valence-electron chi connectivity index (χ4n) is 5.22. The van der Waals surface area contributed by atoms with Crippen molar-refractivity contribution >= 4 is 34.7 Å². The average molecular weight is 547 g/mol. The molecule has 0 saturated carbocycles. The van der Waals surface area contributed by atoms with E-state index >= 15 is 0 Å². The van der Waals surface area contributed by atoms with E-state index in [1.165, 1.54) is 12.1 Å². The lowest BCUT2D eigenvalue weighted by Gasteiger charge is -2.39. The summed E-state index contributed by atoms with van der Waals surface area (Å²) in [6.07, 6.45) is 1.01. The number of piperidine rings is 1. The van der Waals surface area contributed by atoms with Crippen LogP contribution in [0.1, 0.15) is 24.1 Å². The highest BCUT2D eigenvalue weighted by Gasteiger charge is 2.35. The van der Waals surface area contributed by atoms with Crippen molar-refractivity contribution in [3.63, 3.8) is 0 Å². The van der Waals surface area contributed by atoms with E-state index < -0.39 is 5.60 Å². The Morgan fingerprint density at radius 1 is 0.921 bits per heavy atom. The summed E-state index contributed by atoms with van der Waals surface area (Å²) in [5.41, 5.74) is 4.66. The zero-order valence-corrected chi connectivity index (χ0v) is 22.2. The Balaban J connectivity index is 1.46. The first-order chi connectivity index (χ1) is 18.3. The summed E-state index contributed by atoms with van der Waals surface area (Å²) in [4.78, 5) is 7.12. The number of anilines is 1. The van der Waals surface area contributed by atoms with Crippen LogP contribution in [0.3, 0.4) is 0 Å². The number of halogens is 3. The van der Waals surface area contributed by atoms with Crippen LogP contribution in [0.2, 0.25) is 10.0 Å². The van der Waals surface area contributed by atoms with Gasteiger partial charge in [-0.2, -0.15) is 9.61 Å². The third-order valence-electron chi connectivity index (χ3n) is 7.26. The van der Waals surface area contributed by atoms with Gasteiger partial charge in [-0.3, -0.25) is 0 Å². The molecule has 38 heavy (non-hydrogen) atoms. The van der Waals surface area contributed by atoms with E-state index in [-0.39, 0.29) is 5.82 Å². The molecule has 1 aliphatic rings. The van der Waals surface area contributed by atoms with Gasteiger partial charge >= 0.3 is 0 Å². The van der Waals surface area contributed by atoms with Crippen molar-refractivity contribution in [2.24, 2.45) is 0 Å². The molecule has 0 unspecified atom stereocenters. The lowest BCUT2D eigenvalue weighted by Crippen LogP contribution is -2.43. The molecule has 3 heterocycles. The van der Waals surface area contributed by atoms with E-state index in [0.717, 1.165) is 45.1 Å². The molecule has 1 N–H and O–H groups in total. The first kappa shape index (κ1) is 24.9. The first-order valence-electron chi connectivity index (χ1n) is 12.5. The number of nitrogens with zero attached hydrogens (tertiary/aromatic N) is 4. The minimum absolute atomic E-state index is 0.311. The van der Waals surface area contributed by atoms with Crippen LogP contribution >= 0.6 is 23.2 Å². The quantitative estimate of drug-likeness (QED) is 0.257. The minimum atomic E-state index is -1.01. The fraction of sp³-hybridized carbons (Fsp3) is 0.200. The third kappa shape index (κ3) is 4.43. The molecule has 0 radical (unpaired) electrons. The summed E-state index contributed by atoms with van der Waals surface area (Å²) >= 11 is 12.8. The SMILES string of the molecule is Cc1cc(N2CCC(O)(c3ccc(F)cc3)CC2)n2nc(-c3ccccc3Cl)c(-c3ccc(Cl)cc3)c2n1. The Labute approximate surface area is 230 Å². The van der Waals surface area contributed by atoms with E-state index in [4.69, 9.17) is 33.3 Å². The average Bonchev–Trinajstić information content (AvgIpc) is 3.29. The van der Waals surface area contributed by atoms with E-state index in [1.54, 1.807) is 12.1 Å². The van der Waals surface area contributed by atoms with Crippen molar-refractivity contribution in [2.45, 2.75) is 25.4 Å². The van der Waals surface area contributed by atoms with Crippen molar-refractivity contribution in [3.05, 3.63) is 106 Å². The van der Waals surface area contributed by atoms with Crippen LogP contribution in [-0.2, 0) is 5.60 Å². The van der Waals surface area contributed by atoms with Crippen LogP contribution in [0.15, 0.2) is 78.9 Å². The standard InChI is InChI=1S/C30H25Cl2FN4O/c1-19-18-26(36-16-14-30(38,15-17-36)21-8-12-23(33)13-9-21)37-29(34-19)27(20-6-10-22(31)11-7-20)28(35-37)24-4-2-3-5-25(24)32/h2-13,18,38H,14-17H2,1H3. The first-order valence-corrected chi connectivity index (χ1v) is 13.2. The van der Waals surface area contributed by atoms with Crippen LogP contribution in [0, 0.1) is 12.7 Å². The van der Waals surface area contributed by atoms with Gasteiger partial charge in [0.15, 0.2) is 5.65 Å². The maximum Gasteiger partial charge on any atom is 0.166 e. The Morgan fingerprint density at radius 2 is 1.61 bits per heavy atom. The Kier molecular flexibility index (Phi) is 6.34. The Hall–Kier alpha value is -3.45. The number of hydrogen-bond acceptors (Lipinski definition) is 4. The largest absolute Gasteiger partial charge is 0.385 e. The second-order valence-corrected chi connectivity index (χ2v) is 10.6. The van der Waals surface area contributed by atoms with Crippen molar-refractivity contribution < 1.29 is 9.50 Å². The summed E-state index contributed by atoms with van der Waals surface area (Å²) in [6, 6.07) is 23.4. The highest BCUT2D eigenvalue weighted by atomic mass is 35.5.